The summed E-state index contributed by atoms with van der Waals surface area (Å²) >= 11 is 0. The number of hydrogen-bond donors (Lipinski definition) is 2. The highest BCUT2D eigenvalue weighted by Gasteiger charge is 2.12. The first-order valence-electron chi connectivity index (χ1n) is 9.49. The molecule has 1 aliphatic heterocycles. The topological polar surface area (TPSA) is 44.4 Å². The van der Waals surface area contributed by atoms with Crippen molar-refractivity contribution < 1.29 is 4.79 Å². The molecule has 3 rings (SSSR count). The Morgan fingerprint density at radius 2 is 1.62 bits per heavy atom. The van der Waals surface area contributed by atoms with Crippen LogP contribution in [-0.2, 0) is 4.79 Å². The predicted octanol–water partition coefficient (Wildman–Crippen LogP) is 4.65. The molecule has 2 N–H and O–H groups in total. The van der Waals surface area contributed by atoms with Crippen LogP contribution in [-0.4, -0.2) is 25.5 Å². The summed E-state index contributed by atoms with van der Waals surface area (Å²) in [6.07, 6.45) is 2.98. The fourth-order valence-corrected chi connectivity index (χ4v) is 3.71. The highest BCUT2D eigenvalue weighted by Crippen LogP contribution is 2.23. The second-order valence-corrected chi connectivity index (χ2v) is 7.24. The number of anilines is 3. The smallest absolute Gasteiger partial charge is 0.226 e. The van der Waals surface area contributed by atoms with E-state index < -0.39 is 0 Å². The Bertz CT molecular complexity index is 738. The van der Waals surface area contributed by atoms with Gasteiger partial charge in [-0.2, -0.15) is 0 Å². The van der Waals surface area contributed by atoms with Crippen molar-refractivity contribution in [3.05, 3.63) is 53.1 Å². The van der Waals surface area contributed by atoms with Gasteiger partial charge in [0.05, 0.1) is 0 Å². The number of nitrogens with one attached hydrogen (secondary N) is 2. The van der Waals surface area contributed by atoms with Crippen molar-refractivity contribution >= 4 is 23.0 Å². The van der Waals surface area contributed by atoms with Gasteiger partial charge in [-0.15, -0.1) is 0 Å². The van der Waals surface area contributed by atoms with Gasteiger partial charge in [-0.3, -0.25) is 4.79 Å². The number of carbonyl (C=O) groups excluding carboxylic acids is 1. The molecule has 0 unspecified atom stereocenters. The molecule has 1 fully saturated rings. The molecule has 4 nitrogen and oxygen atoms in total. The first-order chi connectivity index (χ1) is 12.5. The Kier molecular flexibility index (Phi) is 5.82. The first-order valence-corrected chi connectivity index (χ1v) is 9.49. The minimum absolute atomic E-state index is 0.0360. The van der Waals surface area contributed by atoms with Crippen molar-refractivity contribution in [2.75, 3.05) is 35.2 Å². The lowest BCUT2D eigenvalue weighted by atomic mass is 10.1. The van der Waals surface area contributed by atoms with E-state index in [0.29, 0.717) is 13.0 Å². The average Bonchev–Trinajstić information content (AvgIpc) is 3.12. The molecule has 26 heavy (non-hydrogen) atoms. The molecule has 0 saturated carbocycles. The van der Waals surface area contributed by atoms with Gasteiger partial charge in [0.1, 0.15) is 0 Å². The van der Waals surface area contributed by atoms with Crippen LogP contribution in [0.2, 0.25) is 0 Å². The van der Waals surface area contributed by atoms with Gasteiger partial charge in [0, 0.05) is 43.1 Å². The van der Waals surface area contributed by atoms with E-state index >= 15 is 0 Å². The zero-order valence-electron chi connectivity index (χ0n) is 16.1. The summed E-state index contributed by atoms with van der Waals surface area (Å²) in [5.41, 5.74) is 6.95. The van der Waals surface area contributed by atoms with Crippen molar-refractivity contribution in [1.29, 1.82) is 0 Å². The second kappa shape index (κ2) is 8.26. The van der Waals surface area contributed by atoms with E-state index in [1.165, 1.54) is 35.2 Å². The zero-order chi connectivity index (χ0) is 18.5. The molecule has 2 aromatic carbocycles. The van der Waals surface area contributed by atoms with Crippen LogP contribution in [0.3, 0.4) is 0 Å². The van der Waals surface area contributed by atoms with Crippen LogP contribution in [0, 0.1) is 20.8 Å². The summed E-state index contributed by atoms with van der Waals surface area (Å²) in [5.74, 6) is 0.0360. The summed E-state index contributed by atoms with van der Waals surface area (Å²) in [4.78, 5) is 14.6. The van der Waals surface area contributed by atoms with Crippen LogP contribution >= 0.6 is 0 Å². The molecule has 0 radical (unpaired) electrons. The van der Waals surface area contributed by atoms with Crippen molar-refractivity contribution in [1.82, 2.24) is 0 Å². The Morgan fingerprint density at radius 3 is 2.23 bits per heavy atom. The van der Waals surface area contributed by atoms with E-state index in [0.717, 1.165) is 24.5 Å². The highest BCUT2D eigenvalue weighted by molar-refractivity contribution is 5.91. The molecular formula is C22H29N3O. The number of nitrogens with zero attached hydrogens (tertiary/aromatic N) is 1. The Hall–Kier alpha value is -2.49. The van der Waals surface area contributed by atoms with Crippen LogP contribution in [0.15, 0.2) is 36.4 Å². The second-order valence-electron chi connectivity index (χ2n) is 7.24. The first kappa shape index (κ1) is 18.3. The van der Waals surface area contributed by atoms with Crippen LogP contribution in [0.25, 0.3) is 0 Å². The lowest BCUT2D eigenvalue weighted by Gasteiger charge is -2.18. The van der Waals surface area contributed by atoms with Crippen LogP contribution < -0.4 is 15.5 Å². The molecule has 1 aliphatic rings. The standard InChI is InChI=1S/C22H29N3O/c1-16-14-17(2)22(18(3)15-16)23-11-10-21(26)24-19-6-8-20(9-7-19)25-12-4-5-13-25/h6-9,14-15,23H,4-5,10-13H2,1-3H3,(H,24,26). The van der Waals surface area contributed by atoms with E-state index in [4.69, 9.17) is 0 Å². The normalized spacial score (nSPS) is 13.7. The minimum atomic E-state index is 0.0360. The summed E-state index contributed by atoms with van der Waals surface area (Å²) in [6, 6.07) is 12.5. The summed E-state index contributed by atoms with van der Waals surface area (Å²) in [5, 5.41) is 6.39. The molecule has 0 aromatic heterocycles. The van der Waals surface area contributed by atoms with Crippen molar-refractivity contribution in [3.8, 4) is 0 Å². The minimum Gasteiger partial charge on any atom is -0.384 e. The van der Waals surface area contributed by atoms with Crippen LogP contribution in [0.4, 0.5) is 17.1 Å². The lowest BCUT2D eigenvalue weighted by Crippen LogP contribution is -2.18. The third-order valence-corrected chi connectivity index (χ3v) is 4.95. The quantitative estimate of drug-likeness (QED) is 0.796. The van der Waals surface area contributed by atoms with E-state index in [-0.39, 0.29) is 5.91 Å². The number of rotatable bonds is 6. The van der Waals surface area contributed by atoms with E-state index in [1.54, 1.807) is 0 Å². The zero-order valence-corrected chi connectivity index (χ0v) is 16.1. The SMILES string of the molecule is Cc1cc(C)c(NCCC(=O)Nc2ccc(N3CCCC3)cc2)c(C)c1. The maximum absolute atomic E-state index is 12.2. The number of amides is 1. The van der Waals surface area contributed by atoms with Crippen molar-refractivity contribution in [3.63, 3.8) is 0 Å². The summed E-state index contributed by atoms with van der Waals surface area (Å²) in [6.45, 7) is 9.20. The molecule has 1 heterocycles. The Labute approximate surface area is 156 Å². The molecule has 2 aromatic rings. The van der Waals surface area contributed by atoms with Crippen LogP contribution in [0.5, 0.6) is 0 Å². The molecular weight excluding hydrogens is 322 g/mol. The van der Waals surface area contributed by atoms with E-state index in [9.17, 15) is 4.79 Å². The summed E-state index contributed by atoms with van der Waals surface area (Å²) in [7, 11) is 0. The number of aryl methyl sites for hydroxylation is 3. The van der Waals surface area contributed by atoms with Gasteiger partial charge in [0.2, 0.25) is 5.91 Å². The van der Waals surface area contributed by atoms with Gasteiger partial charge < -0.3 is 15.5 Å². The fourth-order valence-electron chi connectivity index (χ4n) is 3.71. The van der Waals surface area contributed by atoms with Crippen molar-refractivity contribution in [2.45, 2.75) is 40.0 Å². The molecule has 4 heteroatoms. The van der Waals surface area contributed by atoms with Gasteiger partial charge >= 0.3 is 0 Å². The van der Waals surface area contributed by atoms with Gasteiger partial charge in [0.15, 0.2) is 0 Å². The molecule has 0 bridgehead atoms. The molecule has 1 saturated heterocycles. The third-order valence-electron chi connectivity index (χ3n) is 4.95. The number of hydrogen-bond acceptors (Lipinski definition) is 3. The highest BCUT2D eigenvalue weighted by atomic mass is 16.1. The van der Waals surface area contributed by atoms with Crippen LogP contribution in [0.1, 0.15) is 36.0 Å². The predicted molar refractivity (Wildman–Crippen MR) is 110 cm³/mol. The van der Waals surface area contributed by atoms with Crippen molar-refractivity contribution in [2.24, 2.45) is 0 Å². The maximum Gasteiger partial charge on any atom is 0.226 e. The van der Waals surface area contributed by atoms with Gasteiger partial charge in [-0.05, 0) is 69.0 Å². The molecule has 0 spiro atoms. The molecule has 0 aliphatic carbocycles. The average molecular weight is 351 g/mol. The largest absolute Gasteiger partial charge is 0.384 e. The Morgan fingerprint density at radius 1 is 1.00 bits per heavy atom. The van der Waals surface area contributed by atoms with Gasteiger partial charge in [-0.1, -0.05) is 17.7 Å². The Balaban J connectivity index is 1.48. The molecule has 138 valence electrons. The van der Waals surface area contributed by atoms with Gasteiger partial charge in [-0.25, -0.2) is 0 Å². The maximum atomic E-state index is 12.2. The number of carbonyl (C=O) groups is 1. The lowest BCUT2D eigenvalue weighted by molar-refractivity contribution is -0.115. The van der Waals surface area contributed by atoms with Gasteiger partial charge in [0.25, 0.3) is 0 Å². The fraction of sp³-hybridized carbons (Fsp3) is 0.409. The molecule has 1 amide bonds. The van der Waals surface area contributed by atoms with E-state index in [2.05, 4.69) is 60.6 Å². The monoisotopic (exact) mass is 351 g/mol. The third kappa shape index (κ3) is 4.57. The molecule has 0 atom stereocenters. The van der Waals surface area contributed by atoms with E-state index in [1.807, 2.05) is 12.1 Å². The summed E-state index contributed by atoms with van der Waals surface area (Å²) < 4.78 is 0. The number of benzene rings is 2.